The van der Waals surface area contributed by atoms with Crippen LogP contribution >= 0.6 is 11.6 Å². The summed E-state index contributed by atoms with van der Waals surface area (Å²) in [6.07, 6.45) is -0.175. The first kappa shape index (κ1) is 14.3. The summed E-state index contributed by atoms with van der Waals surface area (Å²) in [5.74, 6) is -0.485. The molecule has 0 aliphatic heterocycles. The lowest BCUT2D eigenvalue weighted by atomic mass is 10.1. The first-order valence-electron chi connectivity index (χ1n) is 6.19. The molecule has 0 aliphatic rings. The summed E-state index contributed by atoms with van der Waals surface area (Å²) >= 11 is 6.04. The van der Waals surface area contributed by atoms with Crippen LogP contribution in [0.4, 0.5) is 5.69 Å². The number of anilines is 1. The number of carbonyl (C=O) groups is 2. The van der Waals surface area contributed by atoms with E-state index in [4.69, 9.17) is 11.6 Å². The minimum absolute atomic E-state index is 0.175. The van der Waals surface area contributed by atoms with Crippen molar-refractivity contribution >= 4 is 29.0 Å². The van der Waals surface area contributed by atoms with Gasteiger partial charge >= 0.3 is 0 Å². The van der Waals surface area contributed by atoms with Crippen molar-refractivity contribution in [1.29, 1.82) is 0 Å². The number of amides is 1. The summed E-state index contributed by atoms with van der Waals surface area (Å²) in [5.41, 5.74) is 1.13. The third-order valence-corrected chi connectivity index (χ3v) is 3.32. The Morgan fingerprint density at radius 3 is 2.25 bits per heavy atom. The molecule has 0 saturated heterocycles. The lowest BCUT2D eigenvalue weighted by Crippen LogP contribution is -2.28. The second-order valence-corrected chi connectivity index (χ2v) is 4.78. The van der Waals surface area contributed by atoms with Crippen LogP contribution in [0.25, 0.3) is 0 Å². The Balaban J connectivity index is 2.09. The Labute approximate surface area is 122 Å². The van der Waals surface area contributed by atoms with Crippen LogP contribution in [0, 0.1) is 0 Å². The number of para-hydroxylation sites is 1. The zero-order valence-corrected chi connectivity index (χ0v) is 11.8. The number of Topliss-reactive ketones (excluding diaryl/α,β-unsaturated/α-hetero) is 1. The lowest BCUT2D eigenvalue weighted by molar-refractivity contribution is -0.117. The second kappa shape index (κ2) is 6.35. The Morgan fingerprint density at radius 2 is 1.60 bits per heavy atom. The highest BCUT2D eigenvalue weighted by atomic mass is 35.5. The molecule has 0 spiro atoms. The molecular formula is C16H14ClNO2. The van der Waals surface area contributed by atoms with E-state index in [0.29, 0.717) is 16.3 Å². The first-order chi connectivity index (χ1) is 9.59. The van der Waals surface area contributed by atoms with Gasteiger partial charge in [0, 0.05) is 12.6 Å². The predicted molar refractivity (Wildman–Crippen MR) is 80.3 cm³/mol. The maximum atomic E-state index is 12.1. The SMILES string of the molecule is CN(C(=O)CC(=O)c1ccccc1)c1ccccc1Cl. The van der Waals surface area contributed by atoms with Gasteiger partial charge in [0.05, 0.1) is 17.1 Å². The summed E-state index contributed by atoms with van der Waals surface area (Å²) in [6, 6.07) is 15.8. The van der Waals surface area contributed by atoms with Crippen LogP contribution in [-0.2, 0) is 4.79 Å². The monoisotopic (exact) mass is 287 g/mol. The molecule has 102 valence electrons. The summed E-state index contributed by atoms with van der Waals surface area (Å²) < 4.78 is 0. The molecule has 0 bridgehead atoms. The van der Waals surface area contributed by atoms with E-state index in [2.05, 4.69) is 0 Å². The van der Waals surface area contributed by atoms with Crippen LogP contribution in [-0.4, -0.2) is 18.7 Å². The van der Waals surface area contributed by atoms with E-state index in [1.807, 2.05) is 6.07 Å². The van der Waals surface area contributed by atoms with Crippen LogP contribution in [0.1, 0.15) is 16.8 Å². The van der Waals surface area contributed by atoms with E-state index in [1.165, 1.54) is 4.90 Å². The van der Waals surface area contributed by atoms with Gasteiger partial charge in [0.25, 0.3) is 0 Å². The highest BCUT2D eigenvalue weighted by Crippen LogP contribution is 2.24. The molecule has 0 N–H and O–H groups in total. The zero-order valence-electron chi connectivity index (χ0n) is 11.0. The molecule has 0 unspecified atom stereocenters. The zero-order chi connectivity index (χ0) is 14.5. The molecule has 2 rings (SSSR count). The van der Waals surface area contributed by atoms with E-state index in [0.717, 1.165) is 0 Å². The van der Waals surface area contributed by atoms with Crippen molar-refractivity contribution in [2.24, 2.45) is 0 Å². The third-order valence-electron chi connectivity index (χ3n) is 3.00. The van der Waals surface area contributed by atoms with Gasteiger partial charge in [-0.2, -0.15) is 0 Å². The molecule has 4 heteroatoms. The Morgan fingerprint density at radius 1 is 1.00 bits per heavy atom. The minimum atomic E-state index is -0.285. The van der Waals surface area contributed by atoms with Gasteiger partial charge in [0.15, 0.2) is 5.78 Å². The number of nitrogens with zero attached hydrogens (tertiary/aromatic N) is 1. The quantitative estimate of drug-likeness (QED) is 0.637. The third kappa shape index (κ3) is 3.25. The highest BCUT2D eigenvalue weighted by molar-refractivity contribution is 6.34. The summed E-state index contributed by atoms with van der Waals surface area (Å²) in [5, 5.41) is 0.482. The van der Waals surface area contributed by atoms with Crippen molar-refractivity contribution in [3.63, 3.8) is 0 Å². The molecule has 0 atom stereocenters. The van der Waals surface area contributed by atoms with Gasteiger partial charge in [-0.1, -0.05) is 54.1 Å². The van der Waals surface area contributed by atoms with Gasteiger partial charge in [-0.3, -0.25) is 9.59 Å². The molecule has 1 amide bonds. The predicted octanol–water partition coefficient (Wildman–Crippen LogP) is 3.58. The fourth-order valence-electron chi connectivity index (χ4n) is 1.84. The molecule has 3 nitrogen and oxygen atoms in total. The average molecular weight is 288 g/mol. The topological polar surface area (TPSA) is 37.4 Å². The van der Waals surface area contributed by atoms with Gasteiger partial charge in [0.1, 0.15) is 0 Å². The Kier molecular flexibility index (Phi) is 4.53. The summed E-state index contributed by atoms with van der Waals surface area (Å²) in [7, 11) is 1.61. The number of rotatable bonds is 4. The van der Waals surface area contributed by atoms with E-state index >= 15 is 0 Å². The fraction of sp³-hybridized carbons (Fsp3) is 0.125. The molecule has 0 saturated carbocycles. The van der Waals surface area contributed by atoms with Gasteiger partial charge in [-0.15, -0.1) is 0 Å². The van der Waals surface area contributed by atoms with Crippen molar-refractivity contribution < 1.29 is 9.59 Å². The number of benzene rings is 2. The van der Waals surface area contributed by atoms with Crippen molar-refractivity contribution in [1.82, 2.24) is 0 Å². The smallest absolute Gasteiger partial charge is 0.234 e. The molecular weight excluding hydrogens is 274 g/mol. The normalized spacial score (nSPS) is 10.1. The molecule has 0 fully saturated rings. The number of hydrogen-bond acceptors (Lipinski definition) is 2. The molecule has 0 aliphatic carbocycles. The lowest BCUT2D eigenvalue weighted by Gasteiger charge is -2.18. The molecule has 2 aromatic rings. The van der Waals surface area contributed by atoms with Crippen molar-refractivity contribution in [3.05, 3.63) is 65.2 Å². The highest BCUT2D eigenvalue weighted by Gasteiger charge is 2.17. The first-order valence-corrected chi connectivity index (χ1v) is 6.56. The average Bonchev–Trinajstić information content (AvgIpc) is 2.48. The Bertz CT molecular complexity index is 625. The standard InChI is InChI=1S/C16H14ClNO2/c1-18(14-10-6-5-9-13(14)17)16(20)11-15(19)12-7-3-2-4-8-12/h2-10H,11H2,1H3. The largest absolute Gasteiger partial charge is 0.314 e. The second-order valence-electron chi connectivity index (χ2n) is 4.37. The number of hydrogen-bond donors (Lipinski definition) is 0. The van der Waals surface area contributed by atoms with Crippen LogP contribution in [0.15, 0.2) is 54.6 Å². The fourth-order valence-corrected chi connectivity index (χ4v) is 2.10. The van der Waals surface area contributed by atoms with Gasteiger partial charge in [-0.25, -0.2) is 0 Å². The van der Waals surface area contributed by atoms with Crippen LogP contribution in [0.5, 0.6) is 0 Å². The minimum Gasteiger partial charge on any atom is -0.314 e. The van der Waals surface area contributed by atoms with Crippen LogP contribution in [0.2, 0.25) is 5.02 Å². The van der Waals surface area contributed by atoms with Crippen LogP contribution < -0.4 is 4.90 Å². The molecule has 20 heavy (non-hydrogen) atoms. The summed E-state index contributed by atoms with van der Waals surface area (Å²) in [4.78, 5) is 25.5. The van der Waals surface area contributed by atoms with Gasteiger partial charge < -0.3 is 4.90 Å². The number of halogens is 1. The van der Waals surface area contributed by atoms with E-state index in [1.54, 1.807) is 55.6 Å². The van der Waals surface area contributed by atoms with E-state index < -0.39 is 0 Å². The summed E-state index contributed by atoms with van der Waals surface area (Å²) in [6.45, 7) is 0. The van der Waals surface area contributed by atoms with Crippen molar-refractivity contribution in [2.75, 3.05) is 11.9 Å². The van der Waals surface area contributed by atoms with E-state index in [9.17, 15) is 9.59 Å². The molecule has 2 aromatic carbocycles. The van der Waals surface area contributed by atoms with E-state index in [-0.39, 0.29) is 18.1 Å². The van der Waals surface area contributed by atoms with Crippen molar-refractivity contribution in [3.8, 4) is 0 Å². The maximum absolute atomic E-state index is 12.1. The molecule has 0 radical (unpaired) electrons. The maximum Gasteiger partial charge on any atom is 0.234 e. The molecule has 0 heterocycles. The number of carbonyl (C=O) groups excluding carboxylic acids is 2. The Hall–Kier alpha value is -2.13. The van der Waals surface area contributed by atoms with Gasteiger partial charge in [-0.05, 0) is 12.1 Å². The van der Waals surface area contributed by atoms with Crippen LogP contribution in [0.3, 0.4) is 0 Å². The van der Waals surface area contributed by atoms with Gasteiger partial charge in [0.2, 0.25) is 5.91 Å². The molecule has 0 aromatic heterocycles. The van der Waals surface area contributed by atoms with Crippen molar-refractivity contribution in [2.45, 2.75) is 6.42 Å². The number of ketones is 1.